The van der Waals surface area contributed by atoms with Gasteiger partial charge in [-0.1, -0.05) is 38.1 Å². The van der Waals surface area contributed by atoms with E-state index in [1.807, 2.05) is 12.1 Å². The molecule has 5 rings (SSSR count). The number of nitrogen functional groups attached to an aromatic ring is 1. The van der Waals surface area contributed by atoms with Gasteiger partial charge in [0.25, 0.3) is 0 Å². The predicted molar refractivity (Wildman–Crippen MR) is 157 cm³/mol. The Balaban J connectivity index is 1.50. The maximum Gasteiger partial charge on any atom is 0.189 e. The van der Waals surface area contributed by atoms with Crippen molar-refractivity contribution in [1.82, 2.24) is 25.0 Å². The van der Waals surface area contributed by atoms with Gasteiger partial charge < -0.3 is 10.3 Å². The van der Waals surface area contributed by atoms with E-state index in [0.29, 0.717) is 35.5 Å². The second kappa shape index (κ2) is 10.3. The molecule has 0 saturated carbocycles. The molecule has 1 aromatic carbocycles. The van der Waals surface area contributed by atoms with Crippen LogP contribution in [0.2, 0.25) is 0 Å². The van der Waals surface area contributed by atoms with Crippen LogP contribution in [0.1, 0.15) is 60.1 Å². The molecule has 3 aromatic heterocycles. The topological polar surface area (TPSA) is 118 Å². The normalized spacial score (nSPS) is 20.1. The van der Waals surface area contributed by atoms with Gasteiger partial charge in [-0.15, -0.1) is 0 Å². The molecule has 0 bridgehead atoms. The van der Waals surface area contributed by atoms with Crippen LogP contribution >= 0.6 is 0 Å². The molecule has 1 saturated heterocycles. The van der Waals surface area contributed by atoms with Gasteiger partial charge in [-0.05, 0) is 63.3 Å². The molecule has 0 spiro atoms. The zero-order valence-electron chi connectivity index (χ0n) is 24.4. The van der Waals surface area contributed by atoms with Crippen molar-refractivity contribution in [1.29, 1.82) is 5.26 Å². The fourth-order valence-electron chi connectivity index (χ4n) is 5.73. The number of piperidine rings is 1. The smallest absolute Gasteiger partial charge is 0.189 e. The van der Waals surface area contributed by atoms with E-state index in [0.717, 1.165) is 17.8 Å². The minimum atomic E-state index is -0.737. The van der Waals surface area contributed by atoms with Gasteiger partial charge in [-0.25, -0.2) is 14.4 Å². The van der Waals surface area contributed by atoms with Crippen LogP contribution in [-0.4, -0.2) is 43.1 Å². The number of pyridine rings is 1. The van der Waals surface area contributed by atoms with Gasteiger partial charge >= 0.3 is 0 Å². The number of rotatable bonds is 4. The van der Waals surface area contributed by atoms with Crippen molar-refractivity contribution in [2.75, 3.05) is 12.3 Å². The second-order valence-electron chi connectivity index (χ2n) is 12.9. The van der Waals surface area contributed by atoms with Gasteiger partial charge in [0.05, 0.1) is 23.7 Å². The molecule has 0 amide bonds. The number of nitriles is 1. The van der Waals surface area contributed by atoms with Crippen LogP contribution in [0.25, 0.3) is 34.0 Å². The Hall–Kier alpha value is -4.16. The summed E-state index contributed by atoms with van der Waals surface area (Å²) in [4.78, 5) is 16.3. The van der Waals surface area contributed by atoms with Gasteiger partial charge in [0.15, 0.2) is 17.3 Å². The van der Waals surface area contributed by atoms with Gasteiger partial charge in [0.1, 0.15) is 16.9 Å². The number of hydrogen-bond acceptors (Lipinski definition) is 8. The van der Waals surface area contributed by atoms with Crippen molar-refractivity contribution in [2.45, 2.75) is 71.4 Å². The molecule has 4 aromatic rings. The molecule has 2 N–H and O–H groups in total. The maximum atomic E-state index is 14.3. The van der Waals surface area contributed by atoms with E-state index in [1.165, 1.54) is 6.07 Å². The first kappa shape index (κ1) is 28.4. The highest BCUT2D eigenvalue weighted by Crippen LogP contribution is 2.45. The van der Waals surface area contributed by atoms with Crippen molar-refractivity contribution >= 4 is 5.82 Å². The lowest BCUT2D eigenvalue weighted by molar-refractivity contribution is -0.0222. The lowest BCUT2D eigenvalue weighted by atomic mass is 9.66. The Labute approximate surface area is 240 Å². The summed E-state index contributed by atoms with van der Waals surface area (Å²) in [5.74, 6) is 0.0358. The average molecular weight is 554 g/mol. The van der Waals surface area contributed by atoms with E-state index >= 15 is 0 Å². The molecule has 0 radical (unpaired) electrons. The van der Waals surface area contributed by atoms with Crippen molar-refractivity contribution in [3.8, 4) is 40.0 Å². The standard InChI is InChI=1S/C32H36FN7O/c1-30(2,3)27-17-32(19-34,12-14-40(27)31(4,5)6)26-15-20(11-13-36-26)24-18-37-29(35)28(38-24)25-16-23(39-41-25)21-9-7-8-10-22(21)33/h7-11,13,15-16,18,27H,12,14,17H2,1-6H3,(H2,35,37). The first-order chi connectivity index (χ1) is 19.3. The minimum absolute atomic E-state index is 0.0162. The van der Waals surface area contributed by atoms with Crippen molar-refractivity contribution < 1.29 is 8.91 Å². The predicted octanol–water partition coefficient (Wildman–Crippen LogP) is 6.65. The van der Waals surface area contributed by atoms with E-state index in [2.05, 4.69) is 62.7 Å². The maximum absolute atomic E-state index is 14.3. The van der Waals surface area contributed by atoms with E-state index in [-0.39, 0.29) is 28.6 Å². The summed E-state index contributed by atoms with van der Waals surface area (Å²) in [5, 5.41) is 14.6. The Morgan fingerprint density at radius 2 is 1.83 bits per heavy atom. The van der Waals surface area contributed by atoms with Crippen LogP contribution in [0.5, 0.6) is 0 Å². The second-order valence-corrected chi connectivity index (χ2v) is 12.9. The highest BCUT2D eigenvalue weighted by atomic mass is 19.1. The number of halogens is 1. The lowest BCUT2D eigenvalue weighted by Gasteiger charge is -2.53. The van der Waals surface area contributed by atoms with E-state index in [9.17, 15) is 9.65 Å². The van der Waals surface area contributed by atoms with Gasteiger partial charge in [0, 0.05) is 41.5 Å². The molecule has 0 aliphatic carbocycles. The van der Waals surface area contributed by atoms with Crippen molar-refractivity contribution in [3.63, 3.8) is 0 Å². The Morgan fingerprint density at radius 3 is 2.51 bits per heavy atom. The van der Waals surface area contributed by atoms with E-state index in [4.69, 9.17) is 20.2 Å². The zero-order chi connectivity index (χ0) is 29.6. The van der Waals surface area contributed by atoms with Crippen LogP contribution in [0.3, 0.4) is 0 Å². The summed E-state index contributed by atoms with van der Waals surface area (Å²) in [6.07, 6.45) is 4.66. The molecule has 1 aliphatic rings. The van der Waals surface area contributed by atoms with Crippen LogP contribution in [-0.2, 0) is 5.41 Å². The first-order valence-electron chi connectivity index (χ1n) is 13.8. The summed E-state index contributed by atoms with van der Waals surface area (Å²) >= 11 is 0. The van der Waals surface area contributed by atoms with Crippen LogP contribution in [0, 0.1) is 22.6 Å². The van der Waals surface area contributed by atoms with Crippen molar-refractivity contribution in [2.24, 2.45) is 5.41 Å². The number of anilines is 1. The third-order valence-corrected chi connectivity index (χ3v) is 8.01. The van der Waals surface area contributed by atoms with E-state index in [1.54, 1.807) is 36.7 Å². The summed E-state index contributed by atoms with van der Waals surface area (Å²) in [6, 6.07) is 14.6. The van der Waals surface area contributed by atoms with Crippen molar-refractivity contribution in [3.05, 3.63) is 66.4 Å². The number of nitrogens with zero attached hydrogens (tertiary/aromatic N) is 6. The SMILES string of the molecule is CC(C)(C)C1CC(C#N)(c2cc(-c3cnc(N)c(-c4cc(-c5ccccc5F)no4)n3)ccn2)CCN1C(C)(C)C. The minimum Gasteiger partial charge on any atom is -0.382 e. The molecule has 212 valence electrons. The Bertz CT molecular complexity index is 1610. The fourth-order valence-corrected chi connectivity index (χ4v) is 5.73. The number of likely N-dealkylation sites (tertiary alicyclic amines) is 1. The summed E-state index contributed by atoms with van der Waals surface area (Å²) in [6.45, 7) is 14.2. The van der Waals surface area contributed by atoms with E-state index < -0.39 is 11.2 Å². The fraction of sp³-hybridized carbons (Fsp3) is 0.406. The number of aromatic nitrogens is 4. The monoisotopic (exact) mass is 553 g/mol. The molecular formula is C32H36FN7O. The van der Waals surface area contributed by atoms with Crippen LogP contribution < -0.4 is 5.73 Å². The Morgan fingerprint density at radius 1 is 1.07 bits per heavy atom. The largest absolute Gasteiger partial charge is 0.382 e. The third-order valence-electron chi connectivity index (χ3n) is 8.01. The summed E-state index contributed by atoms with van der Waals surface area (Å²) < 4.78 is 19.8. The molecule has 8 nitrogen and oxygen atoms in total. The van der Waals surface area contributed by atoms with Gasteiger partial charge in [-0.2, -0.15) is 5.26 Å². The van der Waals surface area contributed by atoms with Crippen LogP contribution in [0.15, 0.2) is 59.4 Å². The molecule has 1 fully saturated rings. The quantitative estimate of drug-likeness (QED) is 0.298. The highest BCUT2D eigenvalue weighted by Gasteiger charge is 2.48. The molecule has 9 heteroatoms. The average Bonchev–Trinajstić information content (AvgIpc) is 3.42. The molecule has 2 unspecified atom stereocenters. The van der Waals surface area contributed by atoms with Gasteiger partial charge in [-0.3, -0.25) is 9.88 Å². The van der Waals surface area contributed by atoms with Gasteiger partial charge in [0.2, 0.25) is 0 Å². The molecular weight excluding hydrogens is 517 g/mol. The van der Waals surface area contributed by atoms with Crippen LogP contribution in [0.4, 0.5) is 10.2 Å². The molecule has 1 aliphatic heterocycles. The molecule has 2 atom stereocenters. The number of benzene rings is 1. The number of nitrogens with two attached hydrogens (primary N) is 1. The molecule has 4 heterocycles. The zero-order valence-corrected chi connectivity index (χ0v) is 24.4. The lowest BCUT2D eigenvalue weighted by Crippen LogP contribution is -2.59. The highest BCUT2D eigenvalue weighted by molar-refractivity contribution is 5.73. The Kier molecular flexibility index (Phi) is 7.16. The summed E-state index contributed by atoms with van der Waals surface area (Å²) in [7, 11) is 0. The summed E-state index contributed by atoms with van der Waals surface area (Å²) in [5.41, 5.74) is 8.39. The first-order valence-corrected chi connectivity index (χ1v) is 13.8. The number of hydrogen-bond donors (Lipinski definition) is 1. The third kappa shape index (κ3) is 5.44. The molecule has 41 heavy (non-hydrogen) atoms.